The Morgan fingerprint density at radius 1 is 1.10 bits per heavy atom. The molecule has 1 saturated heterocycles. The van der Waals surface area contributed by atoms with Crippen molar-refractivity contribution in [2.45, 2.75) is 38.6 Å². The number of piperidine rings is 1. The molecule has 2 aliphatic rings. The first-order valence-corrected chi connectivity index (χ1v) is 11.3. The summed E-state index contributed by atoms with van der Waals surface area (Å²) in [5.74, 6) is 1.19. The van der Waals surface area contributed by atoms with Gasteiger partial charge in [-0.05, 0) is 55.3 Å². The van der Waals surface area contributed by atoms with Crippen LogP contribution in [0.3, 0.4) is 0 Å². The van der Waals surface area contributed by atoms with Gasteiger partial charge in [-0.25, -0.2) is 0 Å². The molecule has 1 aromatic heterocycles. The minimum atomic E-state index is 0.0299. The number of rotatable bonds is 5. The van der Waals surface area contributed by atoms with Crippen molar-refractivity contribution >= 4 is 23.2 Å². The van der Waals surface area contributed by atoms with Gasteiger partial charge in [0.05, 0.1) is 19.1 Å². The van der Waals surface area contributed by atoms with Gasteiger partial charge in [-0.15, -0.1) is 11.3 Å². The Kier molecular flexibility index (Phi) is 6.19. The Morgan fingerprint density at radius 2 is 1.86 bits per heavy atom. The van der Waals surface area contributed by atoms with Gasteiger partial charge in [-0.3, -0.25) is 9.59 Å². The summed E-state index contributed by atoms with van der Waals surface area (Å²) < 4.78 is 5.63. The first-order valence-electron chi connectivity index (χ1n) is 10.5. The molecule has 2 aromatic rings. The fourth-order valence-corrected chi connectivity index (χ4v) is 5.31. The highest BCUT2D eigenvalue weighted by Gasteiger charge is 2.34. The zero-order valence-corrected chi connectivity index (χ0v) is 17.7. The first-order chi connectivity index (χ1) is 14.1. The fraction of sp³-hybridized carbons (Fsp3) is 0.478. The largest absolute Gasteiger partial charge is 0.493 e. The van der Waals surface area contributed by atoms with Crippen LogP contribution in [0.2, 0.25) is 0 Å². The van der Waals surface area contributed by atoms with E-state index in [2.05, 4.69) is 18.4 Å². The van der Waals surface area contributed by atoms with Gasteiger partial charge in [0.25, 0.3) is 0 Å². The van der Waals surface area contributed by atoms with Crippen LogP contribution in [0.25, 0.3) is 0 Å². The number of nitrogens with zero attached hydrogens (tertiary/aromatic N) is 2. The molecule has 0 aliphatic carbocycles. The molecule has 1 fully saturated rings. The smallest absolute Gasteiger partial charge is 0.226 e. The summed E-state index contributed by atoms with van der Waals surface area (Å²) in [5, 5.41) is 2.13. The summed E-state index contributed by atoms with van der Waals surface area (Å²) >= 11 is 1.79. The lowest BCUT2D eigenvalue weighted by molar-refractivity contribution is -0.142. The van der Waals surface area contributed by atoms with Crippen LogP contribution in [-0.2, 0) is 16.0 Å². The molecule has 1 atom stereocenters. The third kappa shape index (κ3) is 4.47. The number of likely N-dealkylation sites (tertiary alicyclic amines) is 1. The quantitative estimate of drug-likeness (QED) is 0.748. The van der Waals surface area contributed by atoms with Crippen molar-refractivity contribution in [3.05, 3.63) is 52.2 Å². The lowest BCUT2D eigenvalue weighted by atomic mass is 9.92. The van der Waals surface area contributed by atoms with Gasteiger partial charge in [-0.1, -0.05) is 18.2 Å². The summed E-state index contributed by atoms with van der Waals surface area (Å²) in [6.07, 6.45) is 2.84. The minimum Gasteiger partial charge on any atom is -0.493 e. The zero-order chi connectivity index (χ0) is 20.2. The van der Waals surface area contributed by atoms with E-state index in [1.165, 1.54) is 10.4 Å². The van der Waals surface area contributed by atoms with E-state index in [1.54, 1.807) is 11.3 Å². The number of amides is 2. The Labute approximate surface area is 176 Å². The third-order valence-corrected chi connectivity index (χ3v) is 7.08. The van der Waals surface area contributed by atoms with Crippen LogP contribution in [-0.4, -0.2) is 47.9 Å². The molecule has 0 spiro atoms. The SMILES string of the molecule is CC1c2ccsc2CCN1C(=O)C1CCN(C(=O)CCOc2ccccc2)CC1. The third-order valence-electron chi connectivity index (χ3n) is 6.09. The fourth-order valence-electron chi connectivity index (χ4n) is 4.35. The molecule has 154 valence electrons. The minimum absolute atomic E-state index is 0.0299. The Bertz CT molecular complexity index is 843. The molecule has 0 radical (unpaired) electrons. The maximum absolute atomic E-state index is 13.1. The van der Waals surface area contributed by atoms with Gasteiger partial charge in [0, 0.05) is 30.4 Å². The summed E-state index contributed by atoms with van der Waals surface area (Å²) in [6, 6.07) is 11.9. The van der Waals surface area contributed by atoms with Crippen molar-refractivity contribution in [2.75, 3.05) is 26.2 Å². The standard InChI is InChI=1S/C23H28N2O3S/c1-17-20-11-16-29-21(20)9-14-25(17)23(27)18-7-12-24(13-8-18)22(26)10-15-28-19-5-3-2-4-6-19/h2-6,11,16-18H,7-10,12-15H2,1H3. The van der Waals surface area contributed by atoms with Crippen molar-refractivity contribution in [2.24, 2.45) is 5.92 Å². The van der Waals surface area contributed by atoms with Crippen LogP contribution < -0.4 is 4.74 Å². The molecule has 29 heavy (non-hydrogen) atoms. The second-order valence-corrected chi connectivity index (χ2v) is 8.82. The Balaban J connectivity index is 1.24. The number of carbonyl (C=O) groups is 2. The summed E-state index contributed by atoms with van der Waals surface area (Å²) in [6.45, 7) is 4.65. The van der Waals surface area contributed by atoms with Crippen molar-refractivity contribution in [1.82, 2.24) is 9.80 Å². The van der Waals surface area contributed by atoms with E-state index in [-0.39, 0.29) is 23.8 Å². The molecular weight excluding hydrogens is 384 g/mol. The number of para-hydroxylation sites is 1. The van der Waals surface area contributed by atoms with E-state index < -0.39 is 0 Å². The first kappa shape index (κ1) is 20.0. The number of fused-ring (bicyclic) bond motifs is 1. The van der Waals surface area contributed by atoms with Crippen molar-refractivity contribution < 1.29 is 14.3 Å². The van der Waals surface area contributed by atoms with Gasteiger partial charge in [0.2, 0.25) is 11.8 Å². The molecule has 6 heteroatoms. The van der Waals surface area contributed by atoms with E-state index in [0.717, 1.165) is 31.6 Å². The maximum atomic E-state index is 13.1. The molecule has 0 bridgehead atoms. The highest BCUT2D eigenvalue weighted by atomic mass is 32.1. The second-order valence-electron chi connectivity index (χ2n) is 7.82. The molecule has 2 aliphatic heterocycles. The van der Waals surface area contributed by atoms with E-state index >= 15 is 0 Å². The van der Waals surface area contributed by atoms with Gasteiger partial charge in [0.15, 0.2) is 0 Å². The summed E-state index contributed by atoms with van der Waals surface area (Å²) in [4.78, 5) is 30.9. The number of hydrogen-bond acceptors (Lipinski definition) is 4. The summed E-state index contributed by atoms with van der Waals surface area (Å²) in [7, 11) is 0. The van der Waals surface area contributed by atoms with Crippen molar-refractivity contribution in [3.8, 4) is 5.75 Å². The van der Waals surface area contributed by atoms with Crippen LogP contribution in [0.1, 0.15) is 42.7 Å². The van der Waals surface area contributed by atoms with E-state index in [1.807, 2.05) is 40.1 Å². The molecule has 1 unspecified atom stereocenters. The lowest BCUT2D eigenvalue weighted by Crippen LogP contribution is -2.46. The molecule has 2 amide bonds. The van der Waals surface area contributed by atoms with Gasteiger partial charge in [-0.2, -0.15) is 0 Å². The van der Waals surface area contributed by atoms with Gasteiger partial charge >= 0.3 is 0 Å². The van der Waals surface area contributed by atoms with Crippen molar-refractivity contribution in [3.63, 3.8) is 0 Å². The van der Waals surface area contributed by atoms with Gasteiger partial charge in [0.1, 0.15) is 5.75 Å². The zero-order valence-electron chi connectivity index (χ0n) is 16.9. The van der Waals surface area contributed by atoms with Crippen LogP contribution in [0.4, 0.5) is 0 Å². The summed E-state index contributed by atoms with van der Waals surface area (Å²) in [5.41, 5.74) is 1.31. The molecule has 0 N–H and O–H groups in total. The number of ether oxygens (including phenoxy) is 1. The predicted molar refractivity (Wildman–Crippen MR) is 114 cm³/mol. The van der Waals surface area contributed by atoms with Crippen LogP contribution in [0.15, 0.2) is 41.8 Å². The number of thiophene rings is 1. The highest BCUT2D eigenvalue weighted by molar-refractivity contribution is 7.10. The van der Waals surface area contributed by atoms with Crippen LogP contribution in [0, 0.1) is 5.92 Å². The monoisotopic (exact) mass is 412 g/mol. The average molecular weight is 413 g/mol. The average Bonchev–Trinajstić information content (AvgIpc) is 3.24. The second kappa shape index (κ2) is 8.99. The lowest BCUT2D eigenvalue weighted by Gasteiger charge is -2.38. The topological polar surface area (TPSA) is 49.9 Å². The van der Waals surface area contributed by atoms with Crippen molar-refractivity contribution in [1.29, 1.82) is 0 Å². The normalized spacial score (nSPS) is 19.7. The molecule has 4 rings (SSSR count). The number of benzene rings is 1. The Morgan fingerprint density at radius 3 is 2.62 bits per heavy atom. The molecule has 3 heterocycles. The highest BCUT2D eigenvalue weighted by Crippen LogP contribution is 2.34. The number of hydrogen-bond donors (Lipinski definition) is 0. The van der Waals surface area contributed by atoms with Crippen LogP contribution in [0.5, 0.6) is 5.75 Å². The van der Waals surface area contributed by atoms with E-state index in [0.29, 0.717) is 26.1 Å². The molecular formula is C23H28N2O3S. The predicted octanol–water partition coefficient (Wildman–Crippen LogP) is 3.90. The Hall–Kier alpha value is -2.34. The maximum Gasteiger partial charge on any atom is 0.226 e. The van der Waals surface area contributed by atoms with E-state index in [9.17, 15) is 9.59 Å². The van der Waals surface area contributed by atoms with Gasteiger partial charge < -0.3 is 14.5 Å². The van der Waals surface area contributed by atoms with Crippen LogP contribution >= 0.6 is 11.3 Å². The molecule has 1 aromatic carbocycles. The molecule has 0 saturated carbocycles. The number of carbonyl (C=O) groups excluding carboxylic acids is 2. The van der Waals surface area contributed by atoms with E-state index in [4.69, 9.17) is 4.74 Å². The molecule has 5 nitrogen and oxygen atoms in total.